The molecule has 100 valence electrons. The van der Waals surface area contributed by atoms with Crippen LogP contribution in [0.2, 0.25) is 0 Å². The molecular formula is C15H12IN3S. The molecule has 0 fully saturated rings. The summed E-state index contributed by atoms with van der Waals surface area (Å²) in [5.74, 6) is 0. The minimum Gasteiger partial charge on any atom is -0.318 e. The number of halogens is 1. The van der Waals surface area contributed by atoms with E-state index < -0.39 is 0 Å². The summed E-state index contributed by atoms with van der Waals surface area (Å²) >= 11 is 3.83. The van der Waals surface area contributed by atoms with E-state index in [1.54, 1.807) is 11.3 Å². The van der Waals surface area contributed by atoms with E-state index in [0.29, 0.717) is 0 Å². The fourth-order valence-electron chi connectivity index (χ4n) is 1.87. The molecule has 5 heteroatoms. The van der Waals surface area contributed by atoms with Crippen molar-refractivity contribution >= 4 is 33.9 Å². The Morgan fingerprint density at radius 3 is 2.35 bits per heavy atom. The first-order chi connectivity index (χ1) is 9.74. The average molecular weight is 393 g/mol. The van der Waals surface area contributed by atoms with Crippen molar-refractivity contribution in [2.24, 2.45) is 5.73 Å². The van der Waals surface area contributed by atoms with Crippen LogP contribution in [0.25, 0.3) is 10.6 Å². The van der Waals surface area contributed by atoms with E-state index in [2.05, 4.69) is 57.1 Å². The van der Waals surface area contributed by atoms with Gasteiger partial charge >= 0.3 is 0 Å². The van der Waals surface area contributed by atoms with Crippen LogP contribution in [0.15, 0.2) is 54.6 Å². The number of aromatic nitrogens is 2. The molecule has 3 rings (SSSR count). The highest BCUT2D eigenvalue weighted by Crippen LogP contribution is 2.28. The molecule has 2 aromatic carbocycles. The molecule has 0 saturated heterocycles. The fourth-order valence-corrected chi connectivity index (χ4v) is 3.11. The maximum Gasteiger partial charge on any atom is 0.147 e. The summed E-state index contributed by atoms with van der Waals surface area (Å²) in [7, 11) is 0. The Balaban J connectivity index is 1.89. The molecule has 0 aliphatic rings. The number of hydrogen-bond acceptors (Lipinski definition) is 4. The molecule has 1 atom stereocenters. The van der Waals surface area contributed by atoms with Crippen LogP contribution >= 0.6 is 33.9 Å². The Labute approximate surface area is 135 Å². The van der Waals surface area contributed by atoms with Gasteiger partial charge in [0.25, 0.3) is 0 Å². The molecule has 0 amide bonds. The third kappa shape index (κ3) is 2.89. The SMILES string of the molecule is NC(c1ccccc1)c1nnc(-c2ccc(I)cc2)s1. The van der Waals surface area contributed by atoms with Crippen LogP contribution in [-0.2, 0) is 0 Å². The lowest BCUT2D eigenvalue weighted by atomic mass is 10.1. The van der Waals surface area contributed by atoms with Gasteiger partial charge in [0, 0.05) is 9.13 Å². The monoisotopic (exact) mass is 393 g/mol. The summed E-state index contributed by atoms with van der Waals surface area (Å²) in [6.45, 7) is 0. The van der Waals surface area contributed by atoms with E-state index in [4.69, 9.17) is 5.73 Å². The van der Waals surface area contributed by atoms with Crippen LogP contribution in [0.3, 0.4) is 0 Å². The molecule has 0 saturated carbocycles. The summed E-state index contributed by atoms with van der Waals surface area (Å²) in [6, 6.07) is 18.0. The van der Waals surface area contributed by atoms with Crippen molar-refractivity contribution in [1.82, 2.24) is 10.2 Å². The smallest absolute Gasteiger partial charge is 0.147 e. The fraction of sp³-hybridized carbons (Fsp3) is 0.0667. The standard InChI is InChI=1S/C15H12IN3S/c16-12-8-6-11(7-9-12)14-18-19-15(20-14)13(17)10-4-2-1-3-5-10/h1-9,13H,17H2. The van der Waals surface area contributed by atoms with E-state index in [9.17, 15) is 0 Å². The van der Waals surface area contributed by atoms with E-state index in [1.807, 2.05) is 30.3 Å². The normalized spacial score (nSPS) is 12.3. The van der Waals surface area contributed by atoms with Gasteiger partial charge in [-0.25, -0.2) is 0 Å². The number of nitrogens with two attached hydrogens (primary N) is 1. The molecule has 0 bridgehead atoms. The van der Waals surface area contributed by atoms with Crippen molar-refractivity contribution in [3.05, 3.63) is 68.7 Å². The first-order valence-corrected chi connectivity index (χ1v) is 8.03. The second-order valence-corrected chi connectivity index (χ2v) is 6.60. The van der Waals surface area contributed by atoms with Crippen molar-refractivity contribution in [3.63, 3.8) is 0 Å². The predicted octanol–water partition coefficient (Wildman–Crippen LogP) is 3.86. The van der Waals surface area contributed by atoms with Gasteiger partial charge in [0.2, 0.25) is 0 Å². The molecule has 1 aromatic heterocycles. The second kappa shape index (κ2) is 5.99. The van der Waals surface area contributed by atoms with Gasteiger partial charge in [-0.1, -0.05) is 53.8 Å². The summed E-state index contributed by atoms with van der Waals surface area (Å²) in [6.07, 6.45) is 0. The van der Waals surface area contributed by atoms with Gasteiger partial charge in [-0.15, -0.1) is 10.2 Å². The van der Waals surface area contributed by atoms with Crippen molar-refractivity contribution in [1.29, 1.82) is 0 Å². The summed E-state index contributed by atoms with van der Waals surface area (Å²) in [5.41, 5.74) is 8.37. The minimum absolute atomic E-state index is 0.216. The van der Waals surface area contributed by atoms with E-state index in [-0.39, 0.29) is 6.04 Å². The Morgan fingerprint density at radius 2 is 1.65 bits per heavy atom. The maximum atomic E-state index is 6.24. The highest BCUT2D eigenvalue weighted by molar-refractivity contribution is 14.1. The van der Waals surface area contributed by atoms with Crippen LogP contribution in [0, 0.1) is 3.57 Å². The predicted molar refractivity (Wildman–Crippen MR) is 90.5 cm³/mol. The molecule has 0 spiro atoms. The van der Waals surface area contributed by atoms with Crippen LogP contribution in [0.5, 0.6) is 0 Å². The molecule has 1 unspecified atom stereocenters. The number of hydrogen-bond donors (Lipinski definition) is 1. The van der Waals surface area contributed by atoms with Gasteiger partial charge in [-0.2, -0.15) is 0 Å². The Hall–Kier alpha value is -1.31. The topological polar surface area (TPSA) is 51.8 Å². The molecular weight excluding hydrogens is 381 g/mol. The second-order valence-electron chi connectivity index (χ2n) is 4.34. The van der Waals surface area contributed by atoms with E-state index in [0.717, 1.165) is 21.1 Å². The molecule has 0 aliphatic heterocycles. The maximum absolute atomic E-state index is 6.24. The highest BCUT2D eigenvalue weighted by atomic mass is 127. The van der Waals surface area contributed by atoms with E-state index in [1.165, 1.54) is 3.57 Å². The lowest BCUT2D eigenvalue weighted by Gasteiger charge is -2.06. The molecule has 1 heterocycles. The first kappa shape index (κ1) is 13.7. The zero-order valence-corrected chi connectivity index (χ0v) is 13.5. The summed E-state index contributed by atoms with van der Waals surface area (Å²) in [4.78, 5) is 0. The van der Waals surface area contributed by atoms with Gasteiger partial charge < -0.3 is 5.73 Å². The largest absolute Gasteiger partial charge is 0.318 e. The zero-order chi connectivity index (χ0) is 13.9. The highest BCUT2D eigenvalue weighted by Gasteiger charge is 2.15. The van der Waals surface area contributed by atoms with Crippen molar-refractivity contribution in [3.8, 4) is 10.6 Å². The zero-order valence-electron chi connectivity index (χ0n) is 10.5. The number of nitrogens with zero attached hydrogens (tertiary/aromatic N) is 2. The van der Waals surface area contributed by atoms with Gasteiger partial charge in [-0.3, -0.25) is 0 Å². The van der Waals surface area contributed by atoms with E-state index >= 15 is 0 Å². The minimum atomic E-state index is -0.216. The van der Waals surface area contributed by atoms with Crippen LogP contribution in [0.1, 0.15) is 16.6 Å². The lowest BCUT2D eigenvalue weighted by molar-refractivity contribution is 0.831. The van der Waals surface area contributed by atoms with Crippen molar-refractivity contribution in [2.75, 3.05) is 0 Å². The molecule has 0 radical (unpaired) electrons. The molecule has 0 aliphatic carbocycles. The van der Waals surface area contributed by atoms with Crippen LogP contribution in [-0.4, -0.2) is 10.2 Å². The average Bonchev–Trinajstić information content (AvgIpc) is 2.98. The number of rotatable bonds is 3. The van der Waals surface area contributed by atoms with Crippen molar-refractivity contribution < 1.29 is 0 Å². The quantitative estimate of drug-likeness (QED) is 0.688. The summed E-state index contributed by atoms with van der Waals surface area (Å²) < 4.78 is 1.21. The third-order valence-corrected chi connectivity index (χ3v) is 4.73. The van der Waals surface area contributed by atoms with Crippen LogP contribution in [0.4, 0.5) is 0 Å². The van der Waals surface area contributed by atoms with Gasteiger partial charge in [0.1, 0.15) is 10.0 Å². The van der Waals surface area contributed by atoms with Gasteiger partial charge in [0.15, 0.2) is 0 Å². The third-order valence-electron chi connectivity index (χ3n) is 2.96. The Morgan fingerprint density at radius 1 is 0.950 bits per heavy atom. The van der Waals surface area contributed by atoms with Crippen LogP contribution < -0.4 is 5.73 Å². The molecule has 3 nitrogen and oxygen atoms in total. The molecule has 20 heavy (non-hydrogen) atoms. The molecule has 3 aromatic rings. The Bertz CT molecular complexity index is 695. The Kier molecular flexibility index (Phi) is 4.09. The summed E-state index contributed by atoms with van der Waals surface area (Å²) in [5, 5.41) is 10.2. The first-order valence-electron chi connectivity index (χ1n) is 6.14. The van der Waals surface area contributed by atoms with Crippen molar-refractivity contribution in [2.45, 2.75) is 6.04 Å². The molecule has 2 N–H and O–H groups in total. The number of benzene rings is 2. The van der Waals surface area contributed by atoms with Gasteiger partial charge in [0.05, 0.1) is 6.04 Å². The van der Waals surface area contributed by atoms with Gasteiger partial charge in [-0.05, 0) is 40.3 Å². The lowest BCUT2D eigenvalue weighted by Crippen LogP contribution is -2.11.